The Bertz CT molecular complexity index is 712. The molecule has 0 aromatic heterocycles. The van der Waals surface area contributed by atoms with Gasteiger partial charge in [0.25, 0.3) is 0 Å². The number of hydrogen-bond donors (Lipinski definition) is 1. The first kappa shape index (κ1) is 23.0. The van der Waals surface area contributed by atoms with E-state index in [-0.39, 0.29) is 11.5 Å². The lowest BCUT2D eigenvalue weighted by atomic mass is 10.0. The van der Waals surface area contributed by atoms with E-state index >= 15 is 0 Å². The van der Waals surface area contributed by atoms with E-state index in [1.165, 1.54) is 51.4 Å². The number of carbonyl (C=O) groups excluding carboxylic acids is 1. The second-order valence-electron chi connectivity index (χ2n) is 7.47. The summed E-state index contributed by atoms with van der Waals surface area (Å²) < 4.78 is 5.76. The Kier molecular flexibility index (Phi) is 10.9. The van der Waals surface area contributed by atoms with E-state index in [1.54, 1.807) is 42.5 Å². The minimum Gasteiger partial charge on any atom is -0.493 e. The van der Waals surface area contributed by atoms with Gasteiger partial charge in [-0.1, -0.05) is 95.0 Å². The molecule has 2 aromatic rings. The third kappa shape index (κ3) is 8.28. The van der Waals surface area contributed by atoms with E-state index < -0.39 is 0 Å². The molecule has 0 atom stereocenters. The highest BCUT2D eigenvalue weighted by Crippen LogP contribution is 2.27. The van der Waals surface area contributed by atoms with Gasteiger partial charge in [0.1, 0.15) is 5.75 Å². The van der Waals surface area contributed by atoms with E-state index in [0.717, 1.165) is 12.8 Å². The average Bonchev–Trinajstić information content (AvgIpc) is 2.77. The number of hydrogen-bond acceptors (Lipinski definition) is 4. The number of carbonyl (C=O) groups is 1. The quantitative estimate of drug-likeness (QED) is 0.151. The Morgan fingerprint density at radius 1 is 0.828 bits per heavy atom. The lowest BCUT2D eigenvalue weighted by Gasteiger charge is -2.10. The van der Waals surface area contributed by atoms with Gasteiger partial charge in [0.05, 0.1) is 12.2 Å². The van der Waals surface area contributed by atoms with E-state index in [1.807, 2.05) is 6.07 Å². The SMILES string of the molecule is CCCCCCCCCCCCOc1ccc(C(=O)c2ccccc2)c(OO)c1. The fourth-order valence-electron chi connectivity index (χ4n) is 3.38. The van der Waals surface area contributed by atoms with Gasteiger partial charge >= 0.3 is 0 Å². The number of benzene rings is 2. The summed E-state index contributed by atoms with van der Waals surface area (Å²) in [6.45, 7) is 2.87. The van der Waals surface area contributed by atoms with Crippen LogP contribution in [0.2, 0.25) is 0 Å². The van der Waals surface area contributed by atoms with Crippen molar-refractivity contribution in [1.29, 1.82) is 0 Å². The van der Waals surface area contributed by atoms with Crippen LogP contribution >= 0.6 is 0 Å². The highest BCUT2D eigenvalue weighted by molar-refractivity contribution is 6.10. The maximum atomic E-state index is 12.6. The summed E-state index contributed by atoms with van der Waals surface area (Å²) in [4.78, 5) is 17.0. The van der Waals surface area contributed by atoms with Gasteiger partial charge < -0.3 is 9.62 Å². The fourth-order valence-corrected chi connectivity index (χ4v) is 3.38. The van der Waals surface area contributed by atoms with Crippen molar-refractivity contribution in [3.05, 3.63) is 59.7 Å². The lowest BCUT2D eigenvalue weighted by Crippen LogP contribution is -2.05. The molecule has 0 heterocycles. The summed E-state index contributed by atoms with van der Waals surface area (Å²) in [7, 11) is 0. The van der Waals surface area contributed by atoms with Gasteiger partial charge in [-0.2, -0.15) is 0 Å². The minimum absolute atomic E-state index is 0.111. The molecule has 0 saturated heterocycles. The molecule has 2 aromatic carbocycles. The van der Waals surface area contributed by atoms with Crippen LogP contribution in [0.1, 0.15) is 87.1 Å². The zero-order valence-corrected chi connectivity index (χ0v) is 17.6. The van der Waals surface area contributed by atoms with Gasteiger partial charge in [-0.25, -0.2) is 5.26 Å². The Morgan fingerprint density at radius 2 is 1.45 bits per heavy atom. The molecule has 2 rings (SSSR count). The standard InChI is InChI=1S/C25H34O4/c1-2-3-4-5-6-7-8-9-10-14-19-28-22-17-18-23(24(20-22)29-27)25(26)21-15-12-11-13-16-21/h11-13,15-18,20,27H,2-10,14,19H2,1H3. The van der Waals surface area contributed by atoms with Crippen molar-refractivity contribution in [2.45, 2.75) is 71.1 Å². The maximum absolute atomic E-state index is 12.6. The summed E-state index contributed by atoms with van der Waals surface area (Å²) in [5.41, 5.74) is 0.856. The molecule has 4 heteroatoms. The molecular weight excluding hydrogens is 364 g/mol. The van der Waals surface area contributed by atoms with Crippen molar-refractivity contribution in [3.8, 4) is 11.5 Å². The van der Waals surface area contributed by atoms with Crippen molar-refractivity contribution in [1.82, 2.24) is 0 Å². The molecule has 0 aliphatic heterocycles. The van der Waals surface area contributed by atoms with Crippen LogP contribution in [0, 0.1) is 0 Å². The first-order valence-corrected chi connectivity index (χ1v) is 10.9. The number of unbranched alkanes of at least 4 members (excludes halogenated alkanes) is 9. The Morgan fingerprint density at radius 3 is 2.07 bits per heavy atom. The van der Waals surface area contributed by atoms with Crippen LogP contribution in [-0.2, 0) is 0 Å². The molecule has 0 amide bonds. The second kappa shape index (κ2) is 13.8. The highest BCUT2D eigenvalue weighted by atomic mass is 17.1. The topological polar surface area (TPSA) is 55.8 Å². The van der Waals surface area contributed by atoms with Gasteiger partial charge in [-0.3, -0.25) is 4.79 Å². The van der Waals surface area contributed by atoms with Crippen LogP contribution in [0.15, 0.2) is 48.5 Å². The van der Waals surface area contributed by atoms with Crippen molar-refractivity contribution in [2.75, 3.05) is 6.61 Å². The summed E-state index contributed by atoms with van der Waals surface area (Å²) >= 11 is 0. The van der Waals surface area contributed by atoms with Crippen LogP contribution in [0.5, 0.6) is 11.5 Å². The summed E-state index contributed by atoms with van der Waals surface area (Å²) in [5, 5.41) is 9.19. The average molecular weight is 399 g/mol. The molecule has 4 nitrogen and oxygen atoms in total. The molecule has 0 spiro atoms. The van der Waals surface area contributed by atoms with E-state index in [0.29, 0.717) is 23.5 Å². The van der Waals surface area contributed by atoms with E-state index in [4.69, 9.17) is 4.74 Å². The van der Waals surface area contributed by atoms with Gasteiger partial charge in [-0.05, 0) is 18.6 Å². The van der Waals surface area contributed by atoms with Gasteiger partial charge in [0, 0.05) is 11.6 Å². The Labute approximate surface area is 174 Å². The van der Waals surface area contributed by atoms with Gasteiger partial charge in [0.15, 0.2) is 11.5 Å². The van der Waals surface area contributed by atoms with Crippen molar-refractivity contribution >= 4 is 5.78 Å². The minimum atomic E-state index is -0.198. The number of ether oxygens (including phenoxy) is 1. The van der Waals surface area contributed by atoms with E-state index in [9.17, 15) is 10.1 Å². The largest absolute Gasteiger partial charge is 0.493 e. The van der Waals surface area contributed by atoms with Crippen LogP contribution in [0.4, 0.5) is 0 Å². The normalized spacial score (nSPS) is 10.7. The summed E-state index contributed by atoms with van der Waals surface area (Å²) in [6.07, 6.45) is 12.8. The number of ketones is 1. The maximum Gasteiger partial charge on any atom is 0.196 e. The highest BCUT2D eigenvalue weighted by Gasteiger charge is 2.16. The molecule has 29 heavy (non-hydrogen) atoms. The Balaban J connectivity index is 1.69. The zero-order valence-electron chi connectivity index (χ0n) is 17.6. The zero-order chi connectivity index (χ0) is 20.7. The molecule has 0 bridgehead atoms. The first-order valence-electron chi connectivity index (χ1n) is 10.9. The lowest BCUT2D eigenvalue weighted by molar-refractivity contribution is -0.138. The van der Waals surface area contributed by atoms with Crippen LogP contribution in [0.25, 0.3) is 0 Å². The molecule has 158 valence electrons. The molecule has 1 N–H and O–H groups in total. The van der Waals surface area contributed by atoms with Crippen molar-refractivity contribution < 1.29 is 19.7 Å². The fraction of sp³-hybridized carbons (Fsp3) is 0.480. The smallest absolute Gasteiger partial charge is 0.196 e. The molecule has 0 aliphatic rings. The van der Waals surface area contributed by atoms with Crippen molar-refractivity contribution in [2.24, 2.45) is 0 Å². The van der Waals surface area contributed by atoms with E-state index in [2.05, 4.69) is 11.8 Å². The van der Waals surface area contributed by atoms with Crippen LogP contribution in [0.3, 0.4) is 0 Å². The molecule has 0 saturated carbocycles. The molecule has 0 aliphatic carbocycles. The van der Waals surface area contributed by atoms with Gasteiger partial charge in [0.2, 0.25) is 0 Å². The second-order valence-corrected chi connectivity index (χ2v) is 7.47. The predicted octanol–water partition coefficient (Wildman–Crippen LogP) is 7.07. The Hall–Kier alpha value is -2.33. The number of rotatable bonds is 15. The summed E-state index contributed by atoms with van der Waals surface area (Å²) in [5.74, 6) is 0.505. The van der Waals surface area contributed by atoms with Crippen LogP contribution < -0.4 is 9.62 Å². The van der Waals surface area contributed by atoms with Gasteiger partial charge in [-0.15, -0.1) is 0 Å². The first-order chi connectivity index (χ1) is 14.3. The molecular formula is C25H34O4. The third-order valence-electron chi connectivity index (χ3n) is 5.10. The molecule has 0 fully saturated rings. The third-order valence-corrected chi connectivity index (χ3v) is 5.10. The monoisotopic (exact) mass is 398 g/mol. The molecule has 0 radical (unpaired) electrons. The van der Waals surface area contributed by atoms with Crippen LogP contribution in [-0.4, -0.2) is 17.6 Å². The van der Waals surface area contributed by atoms with Crippen molar-refractivity contribution in [3.63, 3.8) is 0 Å². The molecule has 0 unspecified atom stereocenters. The summed E-state index contributed by atoms with van der Waals surface area (Å²) in [6, 6.07) is 13.9. The predicted molar refractivity (Wildman–Crippen MR) is 117 cm³/mol.